The third-order valence-corrected chi connectivity index (χ3v) is 3.42. The van der Waals surface area contributed by atoms with E-state index < -0.39 is 11.8 Å². The van der Waals surface area contributed by atoms with E-state index >= 15 is 0 Å². The Balaban J connectivity index is 1.83. The fraction of sp³-hybridized carbons (Fsp3) is 0.211. The highest BCUT2D eigenvalue weighted by molar-refractivity contribution is 6.35. The molecular formula is C19H21N3O3. The van der Waals surface area contributed by atoms with Crippen molar-refractivity contribution in [3.63, 3.8) is 0 Å². The van der Waals surface area contributed by atoms with Crippen LogP contribution in [0.2, 0.25) is 0 Å². The largest absolute Gasteiger partial charge is 0.494 e. The Hall–Kier alpha value is -3.15. The van der Waals surface area contributed by atoms with E-state index in [2.05, 4.69) is 15.8 Å². The van der Waals surface area contributed by atoms with Gasteiger partial charge in [0.2, 0.25) is 0 Å². The second kappa shape index (κ2) is 9.22. The molecule has 0 heterocycles. The number of ether oxygens (including phenoxy) is 1. The van der Waals surface area contributed by atoms with Crippen LogP contribution in [0.1, 0.15) is 31.0 Å². The molecule has 2 rings (SSSR count). The van der Waals surface area contributed by atoms with E-state index in [0.29, 0.717) is 6.61 Å². The maximum atomic E-state index is 11.9. The van der Waals surface area contributed by atoms with Gasteiger partial charge in [-0.1, -0.05) is 30.3 Å². The van der Waals surface area contributed by atoms with Gasteiger partial charge in [0.25, 0.3) is 0 Å². The first-order chi connectivity index (χ1) is 12.1. The molecule has 6 nitrogen and oxygen atoms in total. The minimum Gasteiger partial charge on any atom is -0.494 e. The van der Waals surface area contributed by atoms with Crippen LogP contribution in [0, 0.1) is 0 Å². The fourth-order valence-electron chi connectivity index (χ4n) is 2.12. The van der Waals surface area contributed by atoms with Gasteiger partial charge in [-0.05, 0) is 49.2 Å². The van der Waals surface area contributed by atoms with Crippen LogP contribution in [0.5, 0.6) is 5.75 Å². The van der Waals surface area contributed by atoms with Crippen molar-refractivity contribution < 1.29 is 14.3 Å². The summed E-state index contributed by atoms with van der Waals surface area (Å²) in [6, 6.07) is 16.4. The molecule has 1 atom stereocenters. The van der Waals surface area contributed by atoms with E-state index in [4.69, 9.17) is 4.74 Å². The van der Waals surface area contributed by atoms with E-state index in [-0.39, 0.29) is 6.04 Å². The van der Waals surface area contributed by atoms with Crippen molar-refractivity contribution >= 4 is 18.0 Å². The molecule has 130 valence electrons. The lowest BCUT2D eigenvalue weighted by atomic mass is 10.1. The number of carbonyl (C=O) groups is 2. The van der Waals surface area contributed by atoms with Crippen LogP contribution in [0.15, 0.2) is 59.7 Å². The number of hydrogen-bond acceptors (Lipinski definition) is 4. The molecule has 0 aliphatic heterocycles. The van der Waals surface area contributed by atoms with Crippen molar-refractivity contribution in [2.45, 2.75) is 19.9 Å². The zero-order valence-corrected chi connectivity index (χ0v) is 14.2. The lowest BCUT2D eigenvalue weighted by Crippen LogP contribution is -2.39. The highest BCUT2D eigenvalue weighted by Gasteiger charge is 2.16. The van der Waals surface area contributed by atoms with E-state index in [1.807, 2.05) is 44.2 Å². The molecular weight excluding hydrogens is 318 g/mol. The maximum Gasteiger partial charge on any atom is 0.329 e. The number of nitrogens with one attached hydrogen (secondary N) is 2. The van der Waals surface area contributed by atoms with Gasteiger partial charge >= 0.3 is 11.8 Å². The molecule has 0 radical (unpaired) electrons. The van der Waals surface area contributed by atoms with Crippen molar-refractivity contribution in [1.82, 2.24) is 10.7 Å². The average molecular weight is 339 g/mol. The SMILES string of the molecule is CCOc1ccc(C=NNC(=O)C(=O)N[C@@H](C)c2ccccc2)cc1. The molecule has 0 aromatic heterocycles. The summed E-state index contributed by atoms with van der Waals surface area (Å²) in [6.45, 7) is 4.32. The molecule has 0 bridgehead atoms. The van der Waals surface area contributed by atoms with Gasteiger partial charge in [0.15, 0.2) is 0 Å². The van der Waals surface area contributed by atoms with Crippen molar-refractivity contribution in [3.05, 3.63) is 65.7 Å². The summed E-state index contributed by atoms with van der Waals surface area (Å²) in [5.74, 6) is -0.789. The Morgan fingerprint density at radius 1 is 1.08 bits per heavy atom. The van der Waals surface area contributed by atoms with Crippen molar-refractivity contribution in [2.24, 2.45) is 5.10 Å². The monoisotopic (exact) mass is 339 g/mol. The fourth-order valence-corrected chi connectivity index (χ4v) is 2.12. The van der Waals surface area contributed by atoms with E-state index in [1.165, 1.54) is 6.21 Å². The summed E-state index contributed by atoms with van der Waals surface area (Å²) in [5.41, 5.74) is 3.91. The number of amides is 2. The normalized spacial score (nSPS) is 11.8. The Bertz CT molecular complexity index is 727. The molecule has 2 aromatic carbocycles. The van der Waals surface area contributed by atoms with Crippen LogP contribution in [0.25, 0.3) is 0 Å². The molecule has 0 saturated heterocycles. The van der Waals surface area contributed by atoms with Gasteiger partial charge in [-0.3, -0.25) is 9.59 Å². The first-order valence-electron chi connectivity index (χ1n) is 8.02. The number of rotatable bonds is 6. The highest BCUT2D eigenvalue weighted by atomic mass is 16.5. The van der Waals surface area contributed by atoms with Gasteiger partial charge in [-0.2, -0.15) is 5.10 Å². The zero-order chi connectivity index (χ0) is 18.1. The quantitative estimate of drug-likeness (QED) is 0.482. The van der Waals surface area contributed by atoms with Crippen LogP contribution < -0.4 is 15.5 Å². The van der Waals surface area contributed by atoms with Gasteiger partial charge in [0.05, 0.1) is 18.9 Å². The molecule has 0 spiro atoms. The van der Waals surface area contributed by atoms with Crippen molar-refractivity contribution in [2.75, 3.05) is 6.61 Å². The van der Waals surface area contributed by atoms with Crippen LogP contribution in [-0.4, -0.2) is 24.6 Å². The minimum absolute atomic E-state index is 0.269. The second-order valence-corrected chi connectivity index (χ2v) is 5.31. The molecule has 25 heavy (non-hydrogen) atoms. The van der Waals surface area contributed by atoms with Crippen molar-refractivity contribution in [3.8, 4) is 5.75 Å². The first-order valence-corrected chi connectivity index (χ1v) is 8.02. The smallest absolute Gasteiger partial charge is 0.329 e. The number of hydrogen-bond donors (Lipinski definition) is 2. The van der Waals surface area contributed by atoms with Crippen LogP contribution in [0.4, 0.5) is 0 Å². The average Bonchev–Trinajstić information content (AvgIpc) is 2.64. The number of benzene rings is 2. The van der Waals surface area contributed by atoms with Gasteiger partial charge < -0.3 is 10.1 Å². The van der Waals surface area contributed by atoms with E-state index in [0.717, 1.165) is 16.9 Å². The summed E-state index contributed by atoms with van der Waals surface area (Å²) in [5, 5.41) is 6.42. The summed E-state index contributed by atoms with van der Waals surface area (Å²) in [7, 11) is 0. The predicted octanol–water partition coefficient (Wildman–Crippen LogP) is 2.41. The Morgan fingerprint density at radius 2 is 1.76 bits per heavy atom. The maximum absolute atomic E-state index is 11.9. The second-order valence-electron chi connectivity index (χ2n) is 5.31. The van der Waals surface area contributed by atoms with Gasteiger partial charge in [0, 0.05) is 0 Å². The predicted molar refractivity (Wildman–Crippen MR) is 96.3 cm³/mol. The van der Waals surface area contributed by atoms with Crippen LogP contribution in [0.3, 0.4) is 0 Å². The molecule has 0 aliphatic carbocycles. The zero-order valence-electron chi connectivity index (χ0n) is 14.2. The van der Waals surface area contributed by atoms with Gasteiger partial charge in [0.1, 0.15) is 5.75 Å². The topological polar surface area (TPSA) is 79.8 Å². The summed E-state index contributed by atoms with van der Waals surface area (Å²) >= 11 is 0. The minimum atomic E-state index is -0.815. The van der Waals surface area contributed by atoms with Crippen molar-refractivity contribution in [1.29, 1.82) is 0 Å². The summed E-state index contributed by atoms with van der Waals surface area (Å²) < 4.78 is 5.34. The number of nitrogens with zero attached hydrogens (tertiary/aromatic N) is 1. The number of hydrazone groups is 1. The molecule has 0 fully saturated rings. The lowest BCUT2D eigenvalue weighted by molar-refractivity contribution is -0.139. The molecule has 2 amide bonds. The van der Waals surface area contributed by atoms with E-state index in [9.17, 15) is 9.59 Å². The summed E-state index contributed by atoms with van der Waals surface area (Å²) in [4.78, 5) is 23.7. The van der Waals surface area contributed by atoms with E-state index in [1.54, 1.807) is 24.3 Å². The third kappa shape index (κ3) is 5.76. The van der Waals surface area contributed by atoms with Gasteiger partial charge in [-0.15, -0.1) is 0 Å². The molecule has 6 heteroatoms. The molecule has 2 N–H and O–H groups in total. The van der Waals surface area contributed by atoms with Crippen LogP contribution in [-0.2, 0) is 9.59 Å². The molecule has 0 saturated carbocycles. The molecule has 0 aliphatic rings. The molecule has 0 unspecified atom stereocenters. The van der Waals surface area contributed by atoms with Crippen LogP contribution >= 0.6 is 0 Å². The third-order valence-electron chi connectivity index (χ3n) is 3.42. The molecule has 2 aromatic rings. The highest BCUT2D eigenvalue weighted by Crippen LogP contribution is 2.11. The summed E-state index contributed by atoms with van der Waals surface area (Å²) in [6.07, 6.45) is 1.46. The Labute approximate surface area is 146 Å². The van der Waals surface area contributed by atoms with Gasteiger partial charge in [-0.25, -0.2) is 5.43 Å². The Morgan fingerprint density at radius 3 is 2.40 bits per heavy atom. The lowest BCUT2D eigenvalue weighted by Gasteiger charge is -2.13. The Kier molecular flexibility index (Phi) is 6.71. The first kappa shape index (κ1) is 18.2. The number of carbonyl (C=O) groups excluding carboxylic acids is 2. The standard InChI is InChI=1S/C19H21N3O3/c1-3-25-17-11-9-15(10-12-17)13-20-22-19(24)18(23)21-14(2)16-7-5-4-6-8-16/h4-14H,3H2,1-2H3,(H,21,23)(H,22,24)/t14-/m0/s1.